The zero-order chi connectivity index (χ0) is 12.1. The van der Waals surface area contributed by atoms with Gasteiger partial charge in [-0.25, -0.2) is 9.97 Å². The number of benzene rings is 1. The number of hydrogen-bond acceptors (Lipinski definition) is 3. The molecule has 3 heteroatoms. The average molecular weight is 254 g/mol. The van der Waals surface area contributed by atoms with Crippen molar-refractivity contribution in [3.05, 3.63) is 41.6 Å². The topological polar surface area (TPSA) is 25.8 Å². The van der Waals surface area contributed by atoms with Crippen LogP contribution in [0.2, 0.25) is 0 Å². The summed E-state index contributed by atoms with van der Waals surface area (Å²) in [5.41, 5.74) is 5.13. The third-order valence-corrected chi connectivity index (χ3v) is 4.54. The van der Waals surface area contributed by atoms with Crippen molar-refractivity contribution in [2.75, 3.05) is 6.26 Å². The van der Waals surface area contributed by atoms with E-state index in [0.717, 1.165) is 22.7 Å². The van der Waals surface area contributed by atoms with Crippen LogP contribution in [0, 0.1) is 5.92 Å². The highest BCUT2D eigenvalue weighted by Crippen LogP contribution is 2.57. The molecule has 2 aromatic rings. The van der Waals surface area contributed by atoms with E-state index in [2.05, 4.69) is 36.6 Å². The molecule has 1 heterocycles. The van der Waals surface area contributed by atoms with Gasteiger partial charge >= 0.3 is 0 Å². The standard InChI is InChI=1S/C15H14N2S/c1-18-15-16-13(9-5-3-2-4-6-9)12-8-10-7-11(10)14(12)17-15/h2-6,10-11H,7-8H2,1H3. The van der Waals surface area contributed by atoms with Crippen LogP contribution in [0.3, 0.4) is 0 Å². The predicted octanol–water partition coefficient (Wildman–Crippen LogP) is 3.53. The molecule has 2 unspecified atom stereocenters. The lowest BCUT2D eigenvalue weighted by Gasteiger charge is -2.11. The van der Waals surface area contributed by atoms with Gasteiger partial charge in [-0.15, -0.1) is 0 Å². The van der Waals surface area contributed by atoms with Gasteiger partial charge in [0.05, 0.1) is 11.4 Å². The van der Waals surface area contributed by atoms with Gasteiger partial charge in [-0.05, 0) is 25.0 Å². The van der Waals surface area contributed by atoms with Crippen molar-refractivity contribution in [1.29, 1.82) is 0 Å². The fourth-order valence-corrected chi connectivity index (χ4v) is 3.36. The Hall–Kier alpha value is -1.35. The predicted molar refractivity (Wildman–Crippen MR) is 73.8 cm³/mol. The van der Waals surface area contributed by atoms with Crippen molar-refractivity contribution < 1.29 is 0 Å². The summed E-state index contributed by atoms with van der Waals surface area (Å²) < 4.78 is 0. The molecule has 1 aromatic heterocycles. The van der Waals surface area contributed by atoms with E-state index in [1.165, 1.54) is 29.7 Å². The third kappa shape index (κ3) is 1.50. The zero-order valence-electron chi connectivity index (χ0n) is 10.3. The molecule has 1 aromatic carbocycles. The Morgan fingerprint density at radius 2 is 2.00 bits per heavy atom. The number of nitrogens with zero attached hydrogens (tertiary/aromatic N) is 2. The van der Waals surface area contributed by atoms with Crippen molar-refractivity contribution >= 4 is 11.8 Å². The van der Waals surface area contributed by atoms with Gasteiger partial charge in [0.25, 0.3) is 0 Å². The normalized spacial score (nSPS) is 23.6. The molecule has 2 aliphatic rings. The van der Waals surface area contributed by atoms with E-state index in [4.69, 9.17) is 9.97 Å². The molecular formula is C15H14N2S. The Bertz CT molecular complexity index is 609. The summed E-state index contributed by atoms with van der Waals surface area (Å²) in [5.74, 6) is 1.59. The number of rotatable bonds is 2. The van der Waals surface area contributed by atoms with Crippen molar-refractivity contribution in [3.63, 3.8) is 0 Å². The van der Waals surface area contributed by atoms with Gasteiger partial charge in [0.2, 0.25) is 0 Å². The van der Waals surface area contributed by atoms with Crippen molar-refractivity contribution in [2.24, 2.45) is 5.92 Å². The van der Waals surface area contributed by atoms with E-state index in [1.54, 1.807) is 11.8 Å². The maximum atomic E-state index is 4.74. The molecule has 0 N–H and O–H groups in total. The first-order chi connectivity index (χ1) is 8.86. The Labute approximate surface area is 111 Å². The summed E-state index contributed by atoms with van der Waals surface area (Å²) in [7, 11) is 0. The van der Waals surface area contributed by atoms with Crippen LogP contribution in [0.1, 0.15) is 23.6 Å². The molecule has 4 rings (SSSR count). The van der Waals surface area contributed by atoms with E-state index in [0.29, 0.717) is 0 Å². The number of hydrogen-bond donors (Lipinski definition) is 0. The minimum absolute atomic E-state index is 0.733. The maximum Gasteiger partial charge on any atom is 0.188 e. The van der Waals surface area contributed by atoms with Gasteiger partial charge in [-0.1, -0.05) is 42.1 Å². The third-order valence-electron chi connectivity index (χ3n) is 3.99. The monoisotopic (exact) mass is 254 g/mol. The van der Waals surface area contributed by atoms with E-state index < -0.39 is 0 Å². The fraction of sp³-hybridized carbons (Fsp3) is 0.333. The van der Waals surface area contributed by atoms with E-state index in [1.807, 2.05) is 0 Å². The van der Waals surface area contributed by atoms with Crippen molar-refractivity contribution in [2.45, 2.75) is 23.9 Å². The quantitative estimate of drug-likeness (QED) is 0.605. The first-order valence-electron chi connectivity index (χ1n) is 6.37. The van der Waals surface area contributed by atoms with E-state index in [-0.39, 0.29) is 0 Å². The number of fused-ring (bicyclic) bond motifs is 3. The minimum Gasteiger partial charge on any atom is -0.227 e. The average Bonchev–Trinajstić information content (AvgIpc) is 3.12. The van der Waals surface area contributed by atoms with Crippen LogP contribution in [0.5, 0.6) is 0 Å². The Kier molecular flexibility index (Phi) is 2.24. The Morgan fingerprint density at radius 1 is 1.17 bits per heavy atom. The number of thioether (sulfide) groups is 1. The van der Waals surface area contributed by atoms with Gasteiger partial charge in [0.15, 0.2) is 5.16 Å². The Morgan fingerprint density at radius 3 is 2.78 bits per heavy atom. The second-order valence-electron chi connectivity index (χ2n) is 5.10. The van der Waals surface area contributed by atoms with Crippen molar-refractivity contribution in [1.82, 2.24) is 9.97 Å². The molecule has 0 amide bonds. The first kappa shape index (κ1) is 10.6. The molecule has 2 atom stereocenters. The second kappa shape index (κ2) is 3.82. The van der Waals surface area contributed by atoms with E-state index >= 15 is 0 Å². The smallest absolute Gasteiger partial charge is 0.188 e. The minimum atomic E-state index is 0.733. The summed E-state index contributed by atoms with van der Waals surface area (Å²) in [6.07, 6.45) is 4.57. The van der Waals surface area contributed by atoms with E-state index in [9.17, 15) is 0 Å². The molecular weight excluding hydrogens is 240 g/mol. The van der Waals surface area contributed by atoms with Crippen LogP contribution in [0.15, 0.2) is 35.5 Å². The van der Waals surface area contributed by atoms with Crippen LogP contribution >= 0.6 is 11.8 Å². The molecule has 0 bridgehead atoms. The van der Waals surface area contributed by atoms with Gasteiger partial charge in [0.1, 0.15) is 0 Å². The molecule has 0 spiro atoms. The first-order valence-corrected chi connectivity index (χ1v) is 7.59. The lowest BCUT2D eigenvalue weighted by atomic mass is 10.0. The van der Waals surface area contributed by atoms with Crippen LogP contribution in [0.25, 0.3) is 11.3 Å². The molecule has 1 fully saturated rings. The highest BCUT2D eigenvalue weighted by Gasteiger charge is 2.47. The van der Waals surface area contributed by atoms with Crippen LogP contribution in [0.4, 0.5) is 0 Å². The molecule has 0 radical (unpaired) electrons. The second-order valence-corrected chi connectivity index (χ2v) is 5.87. The molecule has 90 valence electrons. The zero-order valence-corrected chi connectivity index (χ0v) is 11.1. The lowest BCUT2D eigenvalue weighted by Crippen LogP contribution is -2.01. The highest BCUT2D eigenvalue weighted by molar-refractivity contribution is 7.98. The summed E-state index contributed by atoms with van der Waals surface area (Å²) in [4.78, 5) is 9.47. The molecule has 1 saturated carbocycles. The van der Waals surface area contributed by atoms with Crippen LogP contribution < -0.4 is 0 Å². The molecule has 0 aliphatic heterocycles. The molecule has 2 nitrogen and oxygen atoms in total. The van der Waals surface area contributed by atoms with Crippen LogP contribution in [-0.2, 0) is 6.42 Å². The summed E-state index contributed by atoms with van der Waals surface area (Å²) in [6, 6.07) is 10.5. The molecule has 0 saturated heterocycles. The summed E-state index contributed by atoms with van der Waals surface area (Å²) in [6.45, 7) is 0. The SMILES string of the molecule is CSc1nc(-c2ccccc2)c2c(n1)C1CC1C2. The van der Waals surface area contributed by atoms with Gasteiger partial charge in [-0.2, -0.15) is 0 Å². The summed E-state index contributed by atoms with van der Waals surface area (Å²) >= 11 is 1.64. The Balaban J connectivity index is 1.92. The lowest BCUT2D eigenvalue weighted by molar-refractivity contribution is 0.854. The summed E-state index contributed by atoms with van der Waals surface area (Å²) in [5, 5.41) is 0.917. The molecule has 18 heavy (non-hydrogen) atoms. The van der Waals surface area contributed by atoms with Gasteiger partial charge < -0.3 is 0 Å². The maximum absolute atomic E-state index is 4.74. The van der Waals surface area contributed by atoms with Crippen LogP contribution in [-0.4, -0.2) is 16.2 Å². The number of aromatic nitrogens is 2. The fourth-order valence-electron chi connectivity index (χ4n) is 2.98. The largest absolute Gasteiger partial charge is 0.227 e. The van der Waals surface area contributed by atoms with Gasteiger partial charge in [-0.3, -0.25) is 0 Å². The van der Waals surface area contributed by atoms with Gasteiger partial charge in [0, 0.05) is 17.0 Å². The molecule has 2 aliphatic carbocycles. The highest BCUT2D eigenvalue weighted by atomic mass is 32.2. The van der Waals surface area contributed by atoms with Crippen molar-refractivity contribution in [3.8, 4) is 11.3 Å².